The summed E-state index contributed by atoms with van der Waals surface area (Å²) >= 11 is 0. The van der Waals surface area contributed by atoms with E-state index in [0.29, 0.717) is 12.2 Å². The minimum absolute atomic E-state index is 0.0145. The molecule has 2 aromatic carbocycles. The smallest absolute Gasteiger partial charge is 0.132 e. The van der Waals surface area contributed by atoms with E-state index < -0.39 is 11.6 Å². The summed E-state index contributed by atoms with van der Waals surface area (Å²) < 4.78 is 32.8. The number of rotatable bonds is 5. The van der Waals surface area contributed by atoms with Gasteiger partial charge in [-0.05, 0) is 44.0 Å². The van der Waals surface area contributed by atoms with Crippen LogP contribution >= 0.6 is 0 Å². The van der Waals surface area contributed by atoms with Crippen LogP contribution in [0.15, 0.2) is 36.4 Å². The molecule has 0 radical (unpaired) electrons. The fourth-order valence-electron chi connectivity index (χ4n) is 2.18. The predicted octanol–water partition coefficient (Wildman–Crippen LogP) is 3.74. The molecule has 0 spiro atoms. The largest absolute Gasteiger partial charge is 0.488 e. The third-order valence-electron chi connectivity index (χ3n) is 3.19. The Labute approximate surface area is 123 Å². The normalized spacial score (nSPS) is 12.2. The maximum atomic E-state index is 13.6. The first-order valence-corrected chi connectivity index (χ1v) is 6.88. The van der Waals surface area contributed by atoms with E-state index in [1.165, 1.54) is 18.2 Å². The second-order valence-corrected chi connectivity index (χ2v) is 5.28. The number of halogens is 2. The van der Waals surface area contributed by atoms with Crippen molar-refractivity contribution >= 4 is 0 Å². The molecule has 0 bridgehead atoms. The van der Waals surface area contributed by atoms with Crippen LogP contribution in [-0.4, -0.2) is 6.04 Å². The van der Waals surface area contributed by atoms with Crippen molar-refractivity contribution in [2.24, 2.45) is 5.73 Å². The first-order chi connectivity index (χ1) is 9.97. The van der Waals surface area contributed by atoms with E-state index in [0.717, 1.165) is 11.1 Å². The molecule has 0 heterocycles. The summed E-state index contributed by atoms with van der Waals surface area (Å²) in [7, 11) is 0. The summed E-state index contributed by atoms with van der Waals surface area (Å²) in [6.07, 6.45) is 0.650. The fourth-order valence-corrected chi connectivity index (χ4v) is 2.18. The third kappa shape index (κ3) is 4.02. The van der Waals surface area contributed by atoms with Gasteiger partial charge in [-0.3, -0.25) is 0 Å². The SMILES string of the molecule is Cc1ccc(OCc2c(F)cccc2F)c(CC(C)N)c1. The highest BCUT2D eigenvalue weighted by molar-refractivity contribution is 5.37. The van der Waals surface area contributed by atoms with Crippen LogP contribution in [0.2, 0.25) is 0 Å². The molecule has 2 rings (SSSR count). The highest BCUT2D eigenvalue weighted by Gasteiger charge is 2.11. The predicted molar refractivity (Wildman–Crippen MR) is 79.2 cm³/mol. The van der Waals surface area contributed by atoms with Crippen LogP contribution in [0.1, 0.15) is 23.6 Å². The minimum Gasteiger partial charge on any atom is -0.488 e. The van der Waals surface area contributed by atoms with Gasteiger partial charge in [0.25, 0.3) is 0 Å². The molecular formula is C17H19F2NO. The fraction of sp³-hybridized carbons (Fsp3) is 0.294. The molecule has 1 atom stereocenters. The van der Waals surface area contributed by atoms with Crippen molar-refractivity contribution in [2.45, 2.75) is 32.9 Å². The number of hydrogen-bond acceptors (Lipinski definition) is 2. The van der Waals surface area contributed by atoms with Crippen molar-refractivity contribution < 1.29 is 13.5 Å². The first-order valence-electron chi connectivity index (χ1n) is 6.88. The van der Waals surface area contributed by atoms with E-state index in [4.69, 9.17) is 10.5 Å². The van der Waals surface area contributed by atoms with Gasteiger partial charge in [-0.1, -0.05) is 23.8 Å². The zero-order valence-electron chi connectivity index (χ0n) is 12.2. The number of nitrogens with two attached hydrogens (primary N) is 1. The number of hydrogen-bond donors (Lipinski definition) is 1. The second kappa shape index (κ2) is 6.68. The molecule has 0 saturated heterocycles. The lowest BCUT2D eigenvalue weighted by Gasteiger charge is -2.14. The van der Waals surface area contributed by atoms with Crippen molar-refractivity contribution in [3.05, 3.63) is 64.7 Å². The van der Waals surface area contributed by atoms with Gasteiger partial charge >= 0.3 is 0 Å². The molecule has 1 unspecified atom stereocenters. The van der Waals surface area contributed by atoms with Gasteiger partial charge < -0.3 is 10.5 Å². The van der Waals surface area contributed by atoms with Crippen LogP contribution in [0.4, 0.5) is 8.78 Å². The summed E-state index contributed by atoms with van der Waals surface area (Å²) in [5.74, 6) is -0.590. The van der Waals surface area contributed by atoms with E-state index in [-0.39, 0.29) is 18.2 Å². The molecule has 0 aliphatic carbocycles. The lowest BCUT2D eigenvalue weighted by molar-refractivity contribution is 0.289. The zero-order chi connectivity index (χ0) is 15.4. The summed E-state index contributed by atoms with van der Waals surface area (Å²) in [5.41, 5.74) is 7.80. The van der Waals surface area contributed by atoms with Crippen LogP contribution in [0.25, 0.3) is 0 Å². The zero-order valence-corrected chi connectivity index (χ0v) is 12.2. The molecule has 4 heteroatoms. The molecule has 0 saturated carbocycles. The van der Waals surface area contributed by atoms with Crippen LogP contribution < -0.4 is 10.5 Å². The maximum Gasteiger partial charge on any atom is 0.132 e. The van der Waals surface area contributed by atoms with E-state index in [1.54, 1.807) is 0 Å². The highest BCUT2D eigenvalue weighted by Crippen LogP contribution is 2.23. The van der Waals surface area contributed by atoms with Crippen LogP contribution in [-0.2, 0) is 13.0 Å². The average molecular weight is 291 g/mol. The second-order valence-electron chi connectivity index (χ2n) is 5.28. The van der Waals surface area contributed by atoms with E-state index in [9.17, 15) is 8.78 Å². The van der Waals surface area contributed by atoms with E-state index >= 15 is 0 Å². The van der Waals surface area contributed by atoms with Crippen LogP contribution in [0, 0.1) is 18.6 Å². The molecule has 2 N–H and O–H groups in total. The molecule has 0 fully saturated rings. The van der Waals surface area contributed by atoms with Crippen molar-refractivity contribution in [1.82, 2.24) is 0 Å². The molecule has 2 nitrogen and oxygen atoms in total. The van der Waals surface area contributed by atoms with Crippen LogP contribution in [0.5, 0.6) is 5.75 Å². The van der Waals surface area contributed by atoms with Gasteiger partial charge in [-0.2, -0.15) is 0 Å². The van der Waals surface area contributed by atoms with Gasteiger partial charge in [0.1, 0.15) is 24.0 Å². The maximum absolute atomic E-state index is 13.6. The van der Waals surface area contributed by atoms with Crippen LogP contribution in [0.3, 0.4) is 0 Å². The Morgan fingerprint density at radius 3 is 2.43 bits per heavy atom. The molecular weight excluding hydrogens is 272 g/mol. The van der Waals surface area contributed by atoms with Crippen molar-refractivity contribution in [2.75, 3.05) is 0 Å². The van der Waals surface area contributed by atoms with Crippen molar-refractivity contribution in [3.63, 3.8) is 0 Å². The Morgan fingerprint density at radius 1 is 1.14 bits per heavy atom. The minimum atomic E-state index is -0.601. The molecule has 112 valence electrons. The number of aryl methyl sites for hydroxylation is 1. The summed E-state index contributed by atoms with van der Waals surface area (Å²) in [6.45, 7) is 3.74. The Hall–Kier alpha value is -1.94. The van der Waals surface area contributed by atoms with Crippen molar-refractivity contribution in [1.29, 1.82) is 0 Å². The Kier molecular flexibility index (Phi) is 4.91. The lowest BCUT2D eigenvalue weighted by atomic mass is 10.0. The van der Waals surface area contributed by atoms with Gasteiger partial charge in [0.2, 0.25) is 0 Å². The van der Waals surface area contributed by atoms with Gasteiger partial charge in [0, 0.05) is 6.04 Å². The quantitative estimate of drug-likeness (QED) is 0.910. The standard InChI is InChI=1S/C17H19F2NO/c1-11-6-7-17(13(8-11)9-12(2)20)21-10-14-15(18)4-3-5-16(14)19/h3-8,12H,9-10,20H2,1-2H3. The topological polar surface area (TPSA) is 35.2 Å². The lowest BCUT2D eigenvalue weighted by Crippen LogP contribution is -2.18. The third-order valence-corrected chi connectivity index (χ3v) is 3.19. The summed E-state index contributed by atoms with van der Waals surface area (Å²) in [5, 5.41) is 0. The van der Waals surface area contributed by atoms with Gasteiger partial charge in [-0.25, -0.2) is 8.78 Å². The van der Waals surface area contributed by atoms with Gasteiger partial charge in [-0.15, -0.1) is 0 Å². The van der Waals surface area contributed by atoms with E-state index in [1.807, 2.05) is 32.0 Å². The Morgan fingerprint density at radius 2 is 1.81 bits per heavy atom. The van der Waals surface area contributed by atoms with E-state index in [2.05, 4.69) is 0 Å². The molecule has 21 heavy (non-hydrogen) atoms. The molecule has 0 aromatic heterocycles. The Bertz CT molecular complexity index is 606. The summed E-state index contributed by atoms with van der Waals surface area (Å²) in [4.78, 5) is 0. The highest BCUT2D eigenvalue weighted by atomic mass is 19.1. The number of benzene rings is 2. The Balaban J connectivity index is 2.20. The monoisotopic (exact) mass is 291 g/mol. The van der Waals surface area contributed by atoms with Gasteiger partial charge in [0.15, 0.2) is 0 Å². The first kappa shape index (κ1) is 15.4. The molecule has 0 aliphatic heterocycles. The molecule has 2 aromatic rings. The summed E-state index contributed by atoms with van der Waals surface area (Å²) in [6, 6.07) is 9.46. The average Bonchev–Trinajstić information content (AvgIpc) is 2.39. The van der Waals surface area contributed by atoms with Gasteiger partial charge in [0.05, 0.1) is 5.56 Å². The molecule has 0 aliphatic rings. The number of ether oxygens (including phenoxy) is 1. The molecule has 0 amide bonds. The van der Waals surface area contributed by atoms with Crippen molar-refractivity contribution in [3.8, 4) is 5.75 Å².